The SMILES string of the molecule is Clc1cccc(Cl)c1NNC1c2ccccc2CCCC1n1ccnc1. The van der Waals surface area contributed by atoms with E-state index in [0.717, 1.165) is 19.3 Å². The Morgan fingerprint density at radius 1 is 1.04 bits per heavy atom. The van der Waals surface area contributed by atoms with Gasteiger partial charge in [-0.3, -0.25) is 0 Å². The van der Waals surface area contributed by atoms with Crippen molar-refractivity contribution in [3.63, 3.8) is 0 Å². The van der Waals surface area contributed by atoms with Gasteiger partial charge in [-0.1, -0.05) is 53.5 Å². The van der Waals surface area contributed by atoms with Crippen molar-refractivity contribution in [2.45, 2.75) is 31.3 Å². The van der Waals surface area contributed by atoms with Crippen molar-refractivity contribution in [2.24, 2.45) is 0 Å². The maximum atomic E-state index is 6.31. The number of aryl methyl sites for hydroxylation is 1. The van der Waals surface area contributed by atoms with E-state index in [2.05, 4.69) is 44.7 Å². The predicted molar refractivity (Wildman–Crippen MR) is 107 cm³/mol. The molecule has 2 atom stereocenters. The van der Waals surface area contributed by atoms with Gasteiger partial charge in [0, 0.05) is 12.4 Å². The number of anilines is 1. The van der Waals surface area contributed by atoms with Gasteiger partial charge in [0.25, 0.3) is 0 Å². The molecule has 2 unspecified atom stereocenters. The predicted octanol–water partition coefficient (Wildman–Crippen LogP) is 5.43. The fourth-order valence-corrected chi connectivity index (χ4v) is 4.16. The summed E-state index contributed by atoms with van der Waals surface area (Å²) in [6.45, 7) is 0. The van der Waals surface area contributed by atoms with Gasteiger partial charge < -0.3 is 9.99 Å². The van der Waals surface area contributed by atoms with Crippen molar-refractivity contribution in [1.29, 1.82) is 0 Å². The van der Waals surface area contributed by atoms with E-state index in [1.165, 1.54) is 11.1 Å². The number of hydrogen-bond acceptors (Lipinski definition) is 3. The van der Waals surface area contributed by atoms with Crippen molar-refractivity contribution in [3.8, 4) is 0 Å². The van der Waals surface area contributed by atoms with Crippen molar-refractivity contribution in [1.82, 2.24) is 15.0 Å². The highest BCUT2D eigenvalue weighted by molar-refractivity contribution is 6.39. The van der Waals surface area contributed by atoms with E-state index in [-0.39, 0.29) is 12.1 Å². The third-order valence-electron chi connectivity index (χ3n) is 4.94. The Balaban J connectivity index is 1.68. The second-order valence-corrected chi connectivity index (χ2v) is 7.33. The van der Waals surface area contributed by atoms with Crippen LogP contribution in [0.4, 0.5) is 5.69 Å². The molecule has 4 nitrogen and oxygen atoms in total. The number of imidazole rings is 1. The summed E-state index contributed by atoms with van der Waals surface area (Å²) in [4.78, 5) is 4.24. The molecule has 0 saturated carbocycles. The summed E-state index contributed by atoms with van der Waals surface area (Å²) < 4.78 is 2.18. The van der Waals surface area contributed by atoms with Gasteiger partial charge in [0.05, 0.1) is 34.1 Å². The van der Waals surface area contributed by atoms with Gasteiger partial charge >= 0.3 is 0 Å². The largest absolute Gasteiger partial charge is 0.332 e. The molecule has 0 fully saturated rings. The standard InChI is InChI=1S/C20H20Cl2N4/c21-16-8-4-9-17(22)20(16)25-24-19-15-7-2-1-5-14(15)6-3-10-18(19)26-12-11-23-13-26/h1-2,4-5,7-9,11-13,18-19,24-25H,3,6,10H2. The summed E-state index contributed by atoms with van der Waals surface area (Å²) in [7, 11) is 0. The molecule has 0 aliphatic heterocycles. The van der Waals surface area contributed by atoms with Crippen molar-refractivity contribution >= 4 is 28.9 Å². The van der Waals surface area contributed by atoms with Gasteiger partial charge in [0.2, 0.25) is 0 Å². The number of nitrogens with zero attached hydrogens (tertiary/aromatic N) is 2. The monoisotopic (exact) mass is 386 g/mol. The van der Waals surface area contributed by atoms with E-state index in [1.54, 1.807) is 0 Å². The van der Waals surface area contributed by atoms with Crippen molar-refractivity contribution < 1.29 is 0 Å². The summed E-state index contributed by atoms with van der Waals surface area (Å²) >= 11 is 12.6. The van der Waals surface area contributed by atoms with Crippen LogP contribution in [-0.2, 0) is 6.42 Å². The van der Waals surface area contributed by atoms with Crippen molar-refractivity contribution in [3.05, 3.63) is 82.4 Å². The Morgan fingerprint density at radius 2 is 1.85 bits per heavy atom. The van der Waals surface area contributed by atoms with Gasteiger partial charge in [0.15, 0.2) is 0 Å². The van der Waals surface area contributed by atoms with Gasteiger partial charge in [-0.05, 0) is 42.5 Å². The number of halogens is 2. The molecule has 0 amide bonds. The van der Waals surface area contributed by atoms with Gasteiger partial charge in [-0.15, -0.1) is 0 Å². The summed E-state index contributed by atoms with van der Waals surface area (Å²) in [5.41, 5.74) is 10.1. The average Bonchev–Trinajstić information content (AvgIpc) is 3.11. The van der Waals surface area contributed by atoms with Crippen LogP contribution >= 0.6 is 23.2 Å². The highest BCUT2D eigenvalue weighted by atomic mass is 35.5. The van der Waals surface area contributed by atoms with Crippen LogP contribution in [0.3, 0.4) is 0 Å². The molecule has 26 heavy (non-hydrogen) atoms. The minimum Gasteiger partial charge on any atom is -0.332 e. The normalized spacial score (nSPS) is 19.6. The first-order valence-corrected chi connectivity index (χ1v) is 9.50. The van der Waals surface area contributed by atoms with E-state index < -0.39 is 0 Å². The molecule has 0 bridgehead atoms. The third kappa shape index (κ3) is 3.45. The highest BCUT2D eigenvalue weighted by Crippen LogP contribution is 2.37. The first-order chi connectivity index (χ1) is 12.7. The van der Waals surface area contributed by atoms with E-state index in [4.69, 9.17) is 23.2 Å². The Morgan fingerprint density at radius 3 is 2.62 bits per heavy atom. The van der Waals surface area contributed by atoms with E-state index in [0.29, 0.717) is 15.7 Å². The third-order valence-corrected chi connectivity index (χ3v) is 5.57. The molecule has 4 rings (SSSR count). The van der Waals surface area contributed by atoms with Gasteiger partial charge in [-0.2, -0.15) is 0 Å². The first kappa shape index (κ1) is 17.4. The van der Waals surface area contributed by atoms with E-state index in [1.807, 2.05) is 36.9 Å². The number of nitrogens with one attached hydrogen (secondary N) is 2. The summed E-state index contributed by atoms with van der Waals surface area (Å²) in [6.07, 6.45) is 9.00. The van der Waals surface area contributed by atoms with Crippen LogP contribution in [0.2, 0.25) is 10.0 Å². The molecule has 2 aromatic carbocycles. The zero-order valence-electron chi connectivity index (χ0n) is 14.2. The van der Waals surface area contributed by atoms with Crippen LogP contribution in [0.15, 0.2) is 61.2 Å². The highest BCUT2D eigenvalue weighted by Gasteiger charge is 2.29. The van der Waals surface area contributed by atoms with Crippen LogP contribution in [0.25, 0.3) is 0 Å². The Labute approximate surface area is 163 Å². The van der Waals surface area contributed by atoms with E-state index in [9.17, 15) is 0 Å². The summed E-state index contributed by atoms with van der Waals surface area (Å²) in [6, 6.07) is 14.4. The molecule has 6 heteroatoms. The van der Waals surface area contributed by atoms with E-state index >= 15 is 0 Å². The first-order valence-electron chi connectivity index (χ1n) is 8.75. The van der Waals surface area contributed by atoms with Gasteiger partial charge in [-0.25, -0.2) is 10.4 Å². The average molecular weight is 387 g/mol. The minimum atomic E-state index is 0.0650. The topological polar surface area (TPSA) is 41.9 Å². The lowest BCUT2D eigenvalue weighted by Crippen LogP contribution is -2.34. The number of hydrogen-bond donors (Lipinski definition) is 2. The quantitative estimate of drug-likeness (QED) is 0.464. The number of benzene rings is 2. The lowest BCUT2D eigenvalue weighted by Gasteiger charge is -2.29. The zero-order chi connectivity index (χ0) is 17.9. The second kappa shape index (κ2) is 7.70. The maximum Gasteiger partial charge on any atom is 0.0949 e. The second-order valence-electron chi connectivity index (χ2n) is 6.51. The van der Waals surface area contributed by atoms with Crippen LogP contribution < -0.4 is 10.9 Å². The minimum absolute atomic E-state index is 0.0650. The molecular weight excluding hydrogens is 367 g/mol. The molecule has 0 saturated heterocycles. The Hall–Kier alpha value is -2.01. The Kier molecular flexibility index (Phi) is 5.16. The lowest BCUT2D eigenvalue weighted by molar-refractivity contribution is 0.353. The fraction of sp³-hybridized carbons (Fsp3) is 0.250. The smallest absolute Gasteiger partial charge is 0.0949 e. The molecule has 0 spiro atoms. The molecule has 134 valence electrons. The molecule has 1 heterocycles. The summed E-state index contributed by atoms with van der Waals surface area (Å²) in [5.74, 6) is 0. The fourth-order valence-electron chi connectivity index (χ4n) is 3.67. The summed E-state index contributed by atoms with van der Waals surface area (Å²) in [5, 5.41) is 1.18. The maximum absolute atomic E-state index is 6.31. The van der Waals surface area contributed by atoms with Crippen LogP contribution in [0.1, 0.15) is 36.1 Å². The molecule has 1 aromatic heterocycles. The number of fused-ring (bicyclic) bond motifs is 1. The number of rotatable bonds is 4. The zero-order valence-corrected chi connectivity index (χ0v) is 15.7. The molecule has 2 N–H and O–H groups in total. The Bertz CT molecular complexity index is 859. The molecule has 0 radical (unpaired) electrons. The number of hydrazine groups is 1. The van der Waals surface area contributed by atoms with Gasteiger partial charge in [0.1, 0.15) is 0 Å². The number of aromatic nitrogens is 2. The van der Waals surface area contributed by atoms with Crippen LogP contribution in [-0.4, -0.2) is 9.55 Å². The van der Waals surface area contributed by atoms with Crippen LogP contribution in [0.5, 0.6) is 0 Å². The van der Waals surface area contributed by atoms with Crippen molar-refractivity contribution in [2.75, 3.05) is 5.43 Å². The molecule has 1 aliphatic rings. The molecular formula is C20H20Cl2N4. The van der Waals surface area contributed by atoms with Crippen LogP contribution in [0, 0.1) is 0 Å². The molecule has 1 aliphatic carbocycles. The number of para-hydroxylation sites is 1. The lowest BCUT2D eigenvalue weighted by atomic mass is 9.96. The molecule has 3 aromatic rings.